The second kappa shape index (κ2) is 6.11. The van der Waals surface area contributed by atoms with Gasteiger partial charge in [-0.1, -0.05) is 30.3 Å². The third-order valence-electron chi connectivity index (χ3n) is 3.72. The second-order valence-electron chi connectivity index (χ2n) is 5.55. The maximum absolute atomic E-state index is 12.6. The van der Waals surface area contributed by atoms with Crippen molar-refractivity contribution >= 4 is 17.5 Å². The molecule has 0 aliphatic rings. The molecule has 122 valence electrons. The van der Waals surface area contributed by atoms with Crippen molar-refractivity contribution in [2.24, 2.45) is 5.73 Å². The summed E-state index contributed by atoms with van der Waals surface area (Å²) >= 11 is 0. The summed E-state index contributed by atoms with van der Waals surface area (Å²) in [6.07, 6.45) is 1.44. The topological polar surface area (TPSA) is 102 Å². The molecule has 24 heavy (non-hydrogen) atoms. The third-order valence-corrected chi connectivity index (χ3v) is 3.72. The van der Waals surface area contributed by atoms with Crippen LogP contribution in [0.3, 0.4) is 0 Å². The minimum atomic E-state index is -0.917. The lowest BCUT2D eigenvalue weighted by Crippen LogP contribution is -2.37. The van der Waals surface area contributed by atoms with Crippen molar-refractivity contribution in [3.63, 3.8) is 0 Å². The molecule has 0 bridgehead atoms. The molecule has 0 spiro atoms. The van der Waals surface area contributed by atoms with Crippen LogP contribution < -0.4 is 11.1 Å². The summed E-state index contributed by atoms with van der Waals surface area (Å²) in [5.74, 6) is -1.08. The Hall–Kier alpha value is -3.22. The Morgan fingerprint density at radius 3 is 2.58 bits per heavy atom. The maximum Gasteiger partial charge on any atom is 0.257 e. The molecule has 3 N–H and O–H groups in total. The van der Waals surface area contributed by atoms with Gasteiger partial charge < -0.3 is 11.1 Å². The van der Waals surface area contributed by atoms with Crippen LogP contribution in [0.4, 0.5) is 0 Å². The van der Waals surface area contributed by atoms with E-state index in [9.17, 15) is 9.59 Å². The van der Waals surface area contributed by atoms with Gasteiger partial charge in [0, 0.05) is 11.4 Å². The van der Waals surface area contributed by atoms with Crippen molar-refractivity contribution in [2.75, 3.05) is 0 Å². The number of nitrogens with zero attached hydrogens (tertiary/aromatic N) is 3. The summed E-state index contributed by atoms with van der Waals surface area (Å²) in [6.45, 7) is 3.73. The van der Waals surface area contributed by atoms with E-state index in [-0.39, 0.29) is 0 Å². The molecule has 2 aromatic heterocycles. The van der Waals surface area contributed by atoms with Crippen LogP contribution in [0.5, 0.6) is 0 Å². The number of benzene rings is 1. The number of rotatable bonds is 4. The van der Waals surface area contributed by atoms with Gasteiger partial charge in [-0.25, -0.2) is 9.50 Å². The van der Waals surface area contributed by atoms with Crippen molar-refractivity contribution in [3.8, 4) is 0 Å². The molecule has 0 aliphatic carbocycles. The van der Waals surface area contributed by atoms with E-state index >= 15 is 0 Å². The molecule has 7 heteroatoms. The average molecular weight is 323 g/mol. The zero-order chi connectivity index (χ0) is 17.3. The Labute approximate surface area is 138 Å². The molecule has 2 amide bonds. The molecule has 0 fully saturated rings. The third kappa shape index (κ3) is 2.83. The van der Waals surface area contributed by atoms with Crippen molar-refractivity contribution in [1.82, 2.24) is 19.9 Å². The van der Waals surface area contributed by atoms with Gasteiger partial charge in [0.15, 0.2) is 5.65 Å². The lowest BCUT2D eigenvalue weighted by atomic mass is 10.1. The van der Waals surface area contributed by atoms with Crippen molar-refractivity contribution in [3.05, 3.63) is 65.1 Å². The number of carbonyl (C=O) groups is 2. The molecule has 0 radical (unpaired) electrons. The van der Waals surface area contributed by atoms with E-state index in [4.69, 9.17) is 5.73 Å². The standard InChI is InChI=1S/C17H17N5O2/c1-10-8-11(2)22-16(20-10)13(9-19-22)17(24)21-14(15(18)23)12-6-4-3-5-7-12/h3-9,14H,1-2H3,(H2,18,23)(H,21,24)/t14-/m1/s1. The van der Waals surface area contributed by atoms with Crippen LogP contribution in [0.2, 0.25) is 0 Å². The van der Waals surface area contributed by atoms with Crippen LogP contribution >= 0.6 is 0 Å². The summed E-state index contributed by atoms with van der Waals surface area (Å²) in [7, 11) is 0. The molecule has 0 unspecified atom stereocenters. The Morgan fingerprint density at radius 1 is 1.21 bits per heavy atom. The minimum absolute atomic E-state index is 0.295. The quantitative estimate of drug-likeness (QED) is 0.755. The monoisotopic (exact) mass is 323 g/mol. The number of hydrogen-bond donors (Lipinski definition) is 2. The Balaban J connectivity index is 1.96. The van der Waals surface area contributed by atoms with E-state index in [0.29, 0.717) is 16.8 Å². The zero-order valence-electron chi connectivity index (χ0n) is 13.4. The van der Waals surface area contributed by atoms with Crippen molar-refractivity contribution < 1.29 is 9.59 Å². The molecule has 3 aromatic rings. The fraction of sp³-hybridized carbons (Fsp3) is 0.176. The Bertz CT molecular complexity index is 917. The zero-order valence-corrected chi connectivity index (χ0v) is 13.4. The highest BCUT2D eigenvalue weighted by Gasteiger charge is 2.23. The smallest absolute Gasteiger partial charge is 0.257 e. The van der Waals surface area contributed by atoms with Gasteiger partial charge in [0.2, 0.25) is 5.91 Å². The van der Waals surface area contributed by atoms with Gasteiger partial charge in [-0.05, 0) is 25.5 Å². The molecular weight excluding hydrogens is 306 g/mol. The first-order valence-electron chi connectivity index (χ1n) is 7.44. The van der Waals surface area contributed by atoms with Crippen LogP contribution in [-0.4, -0.2) is 26.4 Å². The summed E-state index contributed by atoms with van der Waals surface area (Å²) in [4.78, 5) is 28.7. The Morgan fingerprint density at radius 2 is 1.92 bits per heavy atom. The molecule has 2 heterocycles. The number of primary amides is 1. The molecule has 1 atom stereocenters. The maximum atomic E-state index is 12.6. The van der Waals surface area contributed by atoms with Crippen LogP contribution in [0.25, 0.3) is 5.65 Å². The number of fused-ring (bicyclic) bond motifs is 1. The van der Waals surface area contributed by atoms with E-state index in [1.807, 2.05) is 26.0 Å². The predicted octanol–water partition coefficient (Wildman–Crippen LogP) is 1.30. The van der Waals surface area contributed by atoms with Crippen molar-refractivity contribution in [1.29, 1.82) is 0 Å². The summed E-state index contributed by atoms with van der Waals surface area (Å²) in [5, 5.41) is 6.84. The van der Waals surface area contributed by atoms with Crippen LogP contribution in [0, 0.1) is 13.8 Å². The van der Waals surface area contributed by atoms with Gasteiger partial charge in [0.05, 0.1) is 6.20 Å². The highest BCUT2D eigenvalue weighted by Crippen LogP contribution is 2.16. The van der Waals surface area contributed by atoms with E-state index in [1.54, 1.807) is 28.8 Å². The van der Waals surface area contributed by atoms with E-state index in [2.05, 4.69) is 15.4 Å². The minimum Gasteiger partial charge on any atom is -0.368 e. The van der Waals surface area contributed by atoms with Crippen LogP contribution in [0.1, 0.15) is 33.4 Å². The van der Waals surface area contributed by atoms with E-state index in [0.717, 1.165) is 11.4 Å². The number of nitrogens with one attached hydrogen (secondary N) is 1. The van der Waals surface area contributed by atoms with Crippen molar-refractivity contribution in [2.45, 2.75) is 19.9 Å². The summed E-state index contributed by atoms with van der Waals surface area (Å²) in [5.41, 5.74) is 8.45. The molecule has 0 saturated carbocycles. The first-order chi connectivity index (χ1) is 11.5. The normalized spacial score (nSPS) is 12.1. The first kappa shape index (κ1) is 15.7. The molecule has 7 nitrogen and oxygen atoms in total. The number of aryl methyl sites for hydroxylation is 2. The van der Waals surface area contributed by atoms with E-state index in [1.165, 1.54) is 6.20 Å². The number of nitrogens with two attached hydrogens (primary N) is 1. The number of carbonyl (C=O) groups excluding carboxylic acids is 2. The first-order valence-corrected chi connectivity index (χ1v) is 7.44. The number of amides is 2. The average Bonchev–Trinajstić information content (AvgIpc) is 2.97. The SMILES string of the molecule is Cc1cc(C)n2ncc(C(=O)N[C@@H](C(N)=O)c3ccccc3)c2n1. The predicted molar refractivity (Wildman–Crippen MR) is 88.3 cm³/mol. The summed E-state index contributed by atoms with van der Waals surface area (Å²) < 4.78 is 1.59. The fourth-order valence-electron chi connectivity index (χ4n) is 2.60. The molecule has 1 aromatic carbocycles. The van der Waals surface area contributed by atoms with Crippen LogP contribution in [-0.2, 0) is 4.79 Å². The van der Waals surface area contributed by atoms with E-state index < -0.39 is 17.9 Å². The second-order valence-corrected chi connectivity index (χ2v) is 5.55. The van der Waals surface area contributed by atoms with Gasteiger partial charge in [-0.15, -0.1) is 0 Å². The fourth-order valence-corrected chi connectivity index (χ4v) is 2.60. The van der Waals surface area contributed by atoms with Gasteiger partial charge in [-0.2, -0.15) is 5.10 Å². The molecule has 0 saturated heterocycles. The van der Waals surface area contributed by atoms with Crippen LogP contribution in [0.15, 0.2) is 42.6 Å². The number of aromatic nitrogens is 3. The van der Waals surface area contributed by atoms with Gasteiger partial charge in [0.25, 0.3) is 5.91 Å². The summed E-state index contributed by atoms with van der Waals surface area (Å²) in [6, 6.07) is 9.81. The molecule has 3 rings (SSSR count). The van der Waals surface area contributed by atoms with Gasteiger partial charge >= 0.3 is 0 Å². The van der Waals surface area contributed by atoms with Gasteiger partial charge in [0.1, 0.15) is 11.6 Å². The highest BCUT2D eigenvalue weighted by molar-refractivity contribution is 6.01. The molecular formula is C17H17N5O2. The Kier molecular flexibility index (Phi) is 3.99. The number of hydrogen-bond acceptors (Lipinski definition) is 4. The lowest BCUT2D eigenvalue weighted by Gasteiger charge is -2.15. The van der Waals surface area contributed by atoms with Gasteiger partial charge in [-0.3, -0.25) is 9.59 Å². The largest absolute Gasteiger partial charge is 0.368 e. The lowest BCUT2D eigenvalue weighted by molar-refractivity contribution is -0.120. The molecule has 0 aliphatic heterocycles. The highest BCUT2D eigenvalue weighted by atomic mass is 16.2.